The Morgan fingerprint density at radius 3 is 2.12 bits per heavy atom. The van der Waals surface area contributed by atoms with Crippen LogP contribution in [0.4, 0.5) is 11.4 Å². The summed E-state index contributed by atoms with van der Waals surface area (Å²) in [5, 5.41) is 2.96. The molecule has 1 aromatic carbocycles. The first-order valence-electron chi connectivity index (χ1n) is 9.64. The minimum atomic E-state index is -0.840. The first-order chi connectivity index (χ1) is 12.5. The number of hydrogen-bond donors (Lipinski definition) is 1. The summed E-state index contributed by atoms with van der Waals surface area (Å²) < 4.78 is 0. The molecule has 2 fully saturated rings. The average molecular weight is 358 g/mol. The van der Waals surface area contributed by atoms with Gasteiger partial charge in [-0.05, 0) is 58.0 Å². The van der Waals surface area contributed by atoms with Crippen molar-refractivity contribution in [1.82, 2.24) is 9.80 Å². The van der Waals surface area contributed by atoms with Gasteiger partial charge in [-0.1, -0.05) is 0 Å². The van der Waals surface area contributed by atoms with Crippen molar-refractivity contribution in [2.24, 2.45) is 5.41 Å². The lowest BCUT2D eigenvalue weighted by molar-refractivity contribution is -0.143. The number of carbonyl (C=O) groups excluding carboxylic acids is 2. The zero-order valence-electron chi connectivity index (χ0n) is 16.1. The van der Waals surface area contributed by atoms with E-state index in [1.807, 2.05) is 29.2 Å². The van der Waals surface area contributed by atoms with Gasteiger partial charge in [0.05, 0.1) is 0 Å². The monoisotopic (exact) mass is 358 g/mol. The Morgan fingerprint density at radius 2 is 1.62 bits per heavy atom. The number of nitrogens with zero attached hydrogens (tertiary/aromatic N) is 3. The number of anilines is 2. The van der Waals surface area contributed by atoms with E-state index in [1.54, 1.807) is 0 Å². The second-order valence-electron chi connectivity index (χ2n) is 7.35. The average Bonchev–Trinajstić information content (AvgIpc) is 3.46. The van der Waals surface area contributed by atoms with Crippen LogP contribution in [0.1, 0.15) is 26.7 Å². The zero-order valence-corrected chi connectivity index (χ0v) is 16.1. The van der Waals surface area contributed by atoms with Crippen molar-refractivity contribution in [3.05, 3.63) is 24.3 Å². The van der Waals surface area contributed by atoms with Crippen LogP contribution in [-0.2, 0) is 9.59 Å². The maximum absolute atomic E-state index is 12.9. The molecular weight excluding hydrogens is 328 g/mol. The van der Waals surface area contributed by atoms with Gasteiger partial charge in [0.1, 0.15) is 5.41 Å². The third kappa shape index (κ3) is 3.70. The second kappa shape index (κ2) is 7.66. The maximum Gasteiger partial charge on any atom is 0.240 e. The lowest BCUT2D eigenvalue weighted by Crippen LogP contribution is -2.51. The SMILES string of the molecule is CCN(CC)c1ccc(NC(=O)C2(C(=O)N3CCN(C)CC3)CC2)cc1. The molecule has 3 rings (SSSR count). The van der Waals surface area contributed by atoms with E-state index in [2.05, 4.69) is 36.0 Å². The molecule has 0 bridgehead atoms. The predicted molar refractivity (Wildman–Crippen MR) is 104 cm³/mol. The topological polar surface area (TPSA) is 55.9 Å². The summed E-state index contributed by atoms with van der Waals surface area (Å²) in [5.74, 6) is -0.153. The number of benzene rings is 1. The van der Waals surface area contributed by atoms with E-state index in [0.29, 0.717) is 25.9 Å². The van der Waals surface area contributed by atoms with Gasteiger partial charge in [0.15, 0.2) is 0 Å². The third-order valence-corrected chi connectivity index (χ3v) is 5.64. The number of carbonyl (C=O) groups is 2. The first-order valence-corrected chi connectivity index (χ1v) is 9.64. The van der Waals surface area contributed by atoms with Gasteiger partial charge in [-0.15, -0.1) is 0 Å². The van der Waals surface area contributed by atoms with Crippen LogP contribution in [0.25, 0.3) is 0 Å². The molecule has 142 valence electrons. The summed E-state index contributed by atoms with van der Waals surface area (Å²) in [4.78, 5) is 32.0. The van der Waals surface area contributed by atoms with Gasteiger partial charge in [-0.3, -0.25) is 9.59 Å². The van der Waals surface area contributed by atoms with Gasteiger partial charge in [0.2, 0.25) is 11.8 Å². The molecule has 2 aliphatic rings. The summed E-state index contributed by atoms with van der Waals surface area (Å²) in [6, 6.07) is 7.87. The van der Waals surface area contributed by atoms with Crippen LogP contribution in [0.2, 0.25) is 0 Å². The highest BCUT2D eigenvalue weighted by atomic mass is 16.2. The normalized spacial score (nSPS) is 19.1. The molecule has 0 unspecified atom stereocenters. The zero-order chi connectivity index (χ0) is 18.7. The number of rotatable bonds is 6. The summed E-state index contributed by atoms with van der Waals surface area (Å²) in [5.41, 5.74) is 1.05. The maximum atomic E-state index is 12.9. The number of hydrogen-bond acceptors (Lipinski definition) is 4. The van der Waals surface area contributed by atoms with E-state index in [1.165, 1.54) is 0 Å². The molecule has 1 aromatic rings. The second-order valence-corrected chi connectivity index (χ2v) is 7.35. The molecule has 6 nitrogen and oxygen atoms in total. The number of nitrogens with one attached hydrogen (secondary N) is 1. The van der Waals surface area contributed by atoms with Crippen molar-refractivity contribution in [3.63, 3.8) is 0 Å². The van der Waals surface area contributed by atoms with Crippen molar-refractivity contribution in [1.29, 1.82) is 0 Å². The third-order valence-electron chi connectivity index (χ3n) is 5.64. The minimum absolute atomic E-state index is 0.00265. The van der Waals surface area contributed by atoms with Crippen LogP contribution in [0.15, 0.2) is 24.3 Å². The van der Waals surface area contributed by atoms with E-state index < -0.39 is 5.41 Å². The Kier molecular flexibility index (Phi) is 5.51. The Morgan fingerprint density at radius 1 is 1.04 bits per heavy atom. The van der Waals surface area contributed by atoms with E-state index in [9.17, 15) is 9.59 Å². The molecule has 0 radical (unpaired) electrons. The molecule has 0 spiro atoms. The van der Waals surface area contributed by atoms with Gasteiger partial charge < -0.3 is 20.0 Å². The van der Waals surface area contributed by atoms with Crippen LogP contribution in [0, 0.1) is 5.41 Å². The van der Waals surface area contributed by atoms with Crippen molar-refractivity contribution in [2.75, 3.05) is 56.5 Å². The molecule has 26 heavy (non-hydrogen) atoms. The molecule has 1 aliphatic heterocycles. The summed E-state index contributed by atoms with van der Waals surface area (Å²) in [7, 11) is 2.06. The number of likely N-dealkylation sites (N-methyl/N-ethyl adjacent to an activating group) is 1. The predicted octanol–water partition coefficient (Wildman–Crippen LogP) is 2.03. The van der Waals surface area contributed by atoms with Crippen LogP contribution in [0.3, 0.4) is 0 Å². The van der Waals surface area contributed by atoms with E-state index >= 15 is 0 Å². The van der Waals surface area contributed by atoms with Crippen molar-refractivity contribution < 1.29 is 9.59 Å². The van der Waals surface area contributed by atoms with Crippen molar-refractivity contribution in [2.45, 2.75) is 26.7 Å². The van der Waals surface area contributed by atoms with E-state index in [0.717, 1.165) is 37.6 Å². The summed E-state index contributed by atoms with van der Waals surface area (Å²) in [6.45, 7) is 9.31. The van der Waals surface area contributed by atoms with Crippen molar-refractivity contribution in [3.8, 4) is 0 Å². The van der Waals surface area contributed by atoms with Crippen LogP contribution in [0.5, 0.6) is 0 Å². The lowest BCUT2D eigenvalue weighted by atomic mass is 10.0. The summed E-state index contributed by atoms with van der Waals surface area (Å²) >= 11 is 0. The van der Waals surface area contributed by atoms with Crippen LogP contribution in [-0.4, -0.2) is 67.9 Å². The standard InChI is InChI=1S/C20H30N4O2/c1-4-23(5-2)17-8-6-16(7-9-17)21-18(25)20(10-11-20)19(26)24-14-12-22(3)13-15-24/h6-9H,4-5,10-15H2,1-3H3,(H,21,25). The fraction of sp³-hybridized carbons (Fsp3) is 0.600. The molecule has 1 heterocycles. The molecule has 1 saturated heterocycles. The van der Waals surface area contributed by atoms with E-state index in [-0.39, 0.29) is 11.8 Å². The Hall–Kier alpha value is -2.08. The molecule has 1 N–H and O–H groups in total. The van der Waals surface area contributed by atoms with Crippen molar-refractivity contribution >= 4 is 23.2 Å². The molecule has 0 atom stereocenters. The number of amides is 2. The largest absolute Gasteiger partial charge is 0.372 e. The molecule has 1 aliphatic carbocycles. The van der Waals surface area contributed by atoms with Gasteiger partial charge in [-0.2, -0.15) is 0 Å². The molecule has 1 saturated carbocycles. The molecule has 6 heteroatoms. The van der Waals surface area contributed by atoms with Gasteiger partial charge >= 0.3 is 0 Å². The fourth-order valence-corrected chi connectivity index (χ4v) is 3.57. The van der Waals surface area contributed by atoms with Crippen LogP contribution >= 0.6 is 0 Å². The molecule has 2 amide bonds. The Bertz CT molecular complexity index is 642. The smallest absolute Gasteiger partial charge is 0.240 e. The molecule has 0 aromatic heterocycles. The quantitative estimate of drug-likeness (QED) is 0.791. The first kappa shape index (κ1) is 18.7. The highest BCUT2D eigenvalue weighted by Gasteiger charge is 2.58. The number of piperazine rings is 1. The van der Waals surface area contributed by atoms with Crippen LogP contribution < -0.4 is 10.2 Å². The summed E-state index contributed by atoms with van der Waals surface area (Å²) in [6.07, 6.45) is 1.31. The minimum Gasteiger partial charge on any atom is -0.372 e. The van der Waals surface area contributed by atoms with E-state index in [4.69, 9.17) is 0 Å². The highest BCUT2D eigenvalue weighted by molar-refractivity contribution is 6.13. The molecular formula is C20H30N4O2. The Balaban J connectivity index is 1.63. The van der Waals surface area contributed by atoms with Gasteiger partial charge in [0.25, 0.3) is 0 Å². The highest BCUT2D eigenvalue weighted by Crippen LogP contribution is 2.48. The Labute approximate surface area is 156 Å². The van der Waals surface area contributed by atoms with Gasteiger partial charge in [-0.25, -0.2) is 0 Å². The lowest BCUT2D eigenvalue weighted by Gasteiger charge is -2.34. The van der Waals surface area contributed by atoms with Gasteiger partial charge in [0, 0.05) is 50.6 Å². The fourth-order valence-electron chi connectivity index (χ4n) is 3.57.